The first-order chi connectivity index (χ1) is 33.6. The third kappa shape index (κ3) is 6.85. The van der Waals surface area contributed by atoms with E-state index in [4.69, 9.17) is 4.42 Å². The number of allylic oxidation sites excluding steroid dienone is 5. The molecule has 12 rings (SSSR count). The summed E-state index contributed by atoms with van der Waals surface area (Å²) in [5.41, 5.74) is 24.8. The minimum atomic E-state index is -0.266. The molecule has 0 saturated carbocycles. The van der Waals surface area contributed by atoms with Crippen molar-refractivity contribution in [2.24, 2.45) is 0 Å². The van der Waals surface area contributed by atoms with E-state index in [0.29, 0.717) is 0 Å². The van der Waals surface area contributed by atoms with Gasteiger partial charge in [-0.1, -0.05) is 186 Å². The van der Waals surface area contributed by atoms with Crippen LogP contribution in [-0.4, -0.2) is 0 Å². The maximum Gasteiger partial charge on any atom is 0.136 e. The standard InChI is InChI=1S/C67H53NO/c1-7-8-11-18-43(2)44-25-30-49(31-26-44)68(50-32-27-45(28-33-50)48-29-35-56-55-23-16-17-24-62(55)69-63(56)39-48)51-34-36-54-57-41-61-58(42-60(57)66(3,4)59(54)40-51)64-52(46-19-12-9-13-20-46)37-38-53(65(64)67(61,5)6)47-21-14-10-15-22-47/h7-42H,2H2,1,3-6H3/b8-7-,18-11-. The molecule has 0 radical (unpaired) electrons. The second kappa shape index (κ2) is 16.2. The molecule has 0 aliphatic heterocycles. The maximum absolute atomic E-state index is 6.29. The molecule has 2 heteroatoms. The van der Waals surface area contributed by atoms with Crippen molar-refractivity contribution in [3.63, 3.8) is 0 Å². The van der Waals surface area contributed by atoms with Crippen LogP contribution in [-0.2, 0) is 10.8 Å². The Hall–Kier alpha value is -8.20. The second-order valence-corrected chi connectivity index (χ2v) is 19.7. The van der Waals surface area contributed by atoms with Crippen LogP contribution in [0.1, 0.15) is 62.4 Å². The van der Waals surface area contributed by atoms with Gasteiger partial charge in [0.1, 0.15) is 11.2 Å². The Morgan fingerprint density at radius 1 is 0.449 bits per heavy atom. The number of hydrogen-bond acceptors (Lipinski definition) is 2. The molecule has 2 aliphatic rings. The van der Waals surface area contributed by atoms with Crippen molar-refractivity contribution in [2.75, 3.05) is 4.90 Å². The molecule has 1 aromatic heterocycles. The summed E-state index contributed by atoms with van der Waals surface area (Å²) < 4.78 is 6.29. The third-order valence-corrected chi connectivity index (χ3v) is 14.9. The fourth-order valence-electron chi connectivity index (χ4n) is 11.4. The molecular weight excluding hydrogens is 835 g/mol. The second-order valence-electron chi connectivity index (χ2n) is 19.7. The summed E-state index contributed by atoms with van der Waals surface area (Å²) in [5.74, 6) is 0. The van der Waals surface area contributed by atoms with E-state index in [2.05, 4.69) is 227 Å². The van der Waals surface area contributed by atoms with Gasteiger partial charge in [0, 0.05) is 38.7 Å². The number of fused-ring (bicyclic) bond motifs is 9. The highest BCUT2D eigenvalue weighted by atomic mass is 16.3. The number of furan rings is 1. The Balaban J connectivity index is 0.967. The Kier molecular flexibility index (Phi) is 9.93. The molecule has 2 nitrogen and oxygen atoms in total. The van der Waals surface area contributed by atoms with Crippen LogP contribution < -0.4 is 4.90 Å². The van der Waals surface area contributed by atoms with Crippen LogP contribution in [0, 0.1) is 0 Å². The largest absolute Gasteiger partial charge is 0.456 e. The molecule has 9 aromatic carbocycles. The van der Waals surface area contributed by atoms with Crippen LogP contribution in [0.5, 0.6) is 0 Å². The summed E-state index contributed by atoms with van der Waals surface area (Å²) in [6, 6.07) is 71.3. The minimum absolute atomic E-state index is 0.233. The molecule has 0 N–H and O–H groups in total. The molecule has 0 spiro atoms. The molecule has 2 aliphatic carbocycles. The van der Waals surface area contributed by atoms with Crippen molar-refractivity contribution in [1.29, 1.82) is 0 Å². The van der Waals surface area contributed by atoms with E-state index >= 15 is 0 Å². The van der Waals surface area contributed by atoms with Crippen molar-refractivity contribution >= 4 is 44.6 Å². The van der Waals surface area contributed by atoms with E-state index < -0.39 is 0 Å². The maximum atomic E-state index is 6.29. The van der Waals surface area contributed by atoms with E-state index in [1.807, 2.05) is 37.3 Å². The fraction of sp³-hybridized carbons (Fsp3) is 0.104. The van der Waals surface area contributed by atoms with Crippen LogP contribution in [0.15, 0.2) is 229 Å². The Bertz CT molecular complexity index is 3710. The zero-order chi connectivity index (χ0) is 47.0. The van der Waals surface area contributed by atoms with Gasteiger partial charge in [0.15, 0.2) is 0 Å². The fourth-order valence-corrected chi connectivity index (χ4v) is 11.4. The van der Waals surface area contributed by atoms with Crippen LogP contribution in [0.4, 0.5) is 17.1 Å². The lowest BCUT2D eigenvalue weighted by atomic mass is 9.77. The number of nitrogens with zero attached hydrogens (tertiary/aromatic N) is 1. The Morgan fingerprint density at radius 2 is 1.01 bits per heavy atom. The number of para-hydroxylation sites is 1. The van der Waals surface area contributed by atoms with Crippen molar-refractivity contribution in [3.8, 4) is 55.6 Å². The summed E-state index contributed by atoms with van der Waals surface area (Å²) >= 11 is 0. The predicted octanol–water partition coefficient (Wildman–Crippen LogP) is 18.8. The molecule has 0 atom stereocenters. The van der Waals surface area contributed by atoms with Gasteiger partial charge >= 0.3 is 0 Å². The van der Waals surface area contributed by atoms with Crippen molar-refractivity contribution in [3.05, 3.63) is 253 Å². The molecule has 0 fully saturated rings. The number of rotatable bonds is 9. The van der Waals surface area contributed by atoms with Crippen LogP contribution in [0.25, 0.3) is 83.1 Å². The average Bonchev–Trinajstić information content (AvgIpc) is 3.95. The van der Waals surface area contributed by atoms with Gasteiger partial charge in [-0.2, -0.15) is 0 Å². The minimum Gasteiger partial charge on any atom is -0.456 e. The molecule has 0 saturated heterocycles. The molecule has 0 unspecified atom stereocenters. The lowest BCUT2D eigenvalue weighted by molar-refractivity contribution is 0.653. The number of anilines is 3. The SMILES string of the molecule is C=C(/C=C\C=C/C)c1ccc(N(c2ccc(-c3ccc4c(c3)oc3ccccc34)cc2)c2ccc3c(c2)C(C)(C)c2cc4c(cc2-3)C(C)(C)c2c(-c3ccccc3)ccc(-c3ccccc3)c2-4)cc1. The molecule has 1 heterocycles. The zero-order valence-electron chi connectivity index (χ0n) is 39.8. The Labute approximate surface area is 405 Å². The van der Waals surface area contributed by atoms with E-state index in [9.17, 15) is 0 Å². The first kappa shape index (κ1) is 42.2. The summed E-state index contributed by atoms with van der Waals surface area (Å²) in [4.78, 5) is 2.39. The van der Waals surface area contributed by atoms with Gasteiger partial charge in [0.2, 0.25) is 0 Å². The van der Waals surface area contributed by atoms with Crippen molar-refractivity contribution < 1.29 is 4.42 Å². The van der Waals surface area contributed by atoms with Gasteiger partial charge in [-0.05, 0) is 163 Å². The van der Waals surface area contributed by atoms with Crippen LogP contribution in [0.3, 0.4) is 0 Å². The monoisotopic (exact) mass is 887 g/mol. The highest BCUT2D eigenvalue weighted by Gasteiger charge is 2.44. The van der Waals surface area contributed by atoms with Crippen molar-refractivity contribution in [1.82, 2.24) is 0 Å². The molecular formula is C67H53NO. The predicted molar refractivity (Wildman–Crippen MR) is 293 cm³/mol. The van der Waals surface area contributed by atoms with Crippen LogP contribution in [0.2, 0.25) is 0 Å². The van der Waals surface area contributed by atoms with E-state index in [1.54, 1.807) is 0 Å². The quantitative estimate of drug-likeness (QED) is 0.134. The lowest BCUT2D eigenvalue weighted by Gasteiger charge is -2.28. The summed E-state index contributed by atoms with van der Waals surface area (Å²) in [5, 5.41) is 2.27. The molecule has 0 bridgehead atoms. The normalized spacial score (nSPS) is 14.0. The summed E-state index contributed by atoms with van der Waals surface area (Å²) in [6.07, 6.45) is 8.16. The highest BCUT2D eigenvalue weighted by molar-refractivity contribution is 6.06. The highest BCUT2D eigenvalue weighted by Crippen LogP contribution is 2.60. The average molecular weight is 888 g/mol. The first-order valence-corrected chi connectivity index (χ1v) is 24.1. The van der Waals surface area contributed by atoms with Gasteiger partial charge in [-0.3, -0.25) is 0 Å². The van der Waals surface area contributed by atoms with Gasteiger partial charge in [0.05, 0.1) is 0 Å². The number of hydrogen-bond donors (Lipinski definition) is 0. The molecule has 332 valence electrons. The first-order valence-electron chi connectivity index (χ1n) is 24.1. The topological polar surface area (TPSA) is 16.4 Å². The molecule has 0 amide bonds. The van der Waals surface area contributed by atoms with Gasteiger partial charge in [-0.15, -0.1) is 0 Å². The molecule has 10 aromatic rings. The molecule has 69 heavy (non-hydrogen) atoms. The summed E-state index contributed by atoms with van der Waals surface area (Å²) in [7, 11) is 0. The van der Waals surface area contributed by atoms with Crippen molar-refractivity contribution in [2.45, 2.75) is 45.4 Å². The van der Waals surface area contributed by atoms with Gasteiger partial charge in [0.25, 0.3) is 0 Å². The van der Waals surface area contributed by atoms with E-state index in [1.165, 1.54) is 66.8 Å². The van der Waals surface area contributed by atoms with E-state index in [-0.39, 0.29) is 10.8 Å². The lowest BCUT2D eigenvalue weighted by Crippen LogP contribution is -2.18. The van der Waals surface area contributed by atoms with Crippen LogP contribution >= 0.6 is 0 Å². The summed E-state index contributed by atoms with van der Waals surface area (Å²) in [6.45, 7) is 16.1. The zero-order valence-corrected chi connectivity index (χ0v) is 39.8. The smallest absolute Gasteiger partial charge is 0.136 e. The Morgan fingerprint density at radius 3 is 1.74 bits per heavy atom. The number of benzene rings is 9. The van der Waals surface area contributed by atoms with Gasteiger partial charge in [-0.25, -0.2) is 0 Å². The third-order valence-electron chi connectivity index (χ3n) is 14.9. The van der Waals surface area contributed by atoms with E-state index in [0.717, 1.165) is 61.3 Å². The van der Waals surface area contributed by atoms with Gasteiger partial charge < -0.3 is 9.32 Å².